The van der Waals surface area contributed by atoms with Crippen LogP contribution in [0.25, 0.3) is 0 Å². The second-order valence-electron chi connectivity index (χ2n) is 4.18. The molecule has 0 aliphatic heterocycles. The van der Waals surface area contributed by atoms with Crippen molar-refractivity contribution in [3.05, 3.63) is 23.4 Å². The zero-order chi connectivity index (χ0) is 11.8. The van der Waals surface area contributed by atoms with Gasteiger partial charge in [0.05, 0.1) is 0 Å². The van der Waals surface area contributed by atoms with Crippen LogP contribution in [0.4, 0.5) is 0 Å². The first-order valence-corrected chi connectivity index (χ1v) is 6.21. The summed E-state index contributed by atoms with van der Waals surface area (Å²) in [6.45, 7) is 10.8. The second kappa shape index (κ2) is 7.56. The molecule has 1 rings (SSSR count). The van der Waals surface area contributed by atoms with E-state index in [2.05, 4.69) is 38.4 Å². The van der Waals surface area contributed by atoms with E-state index in [1.807, 2.05) is 20.9 Å². The smallest absolute Gasteiger partial charge is 0.00278 e. The first-order valence-electron chi connectivity index (χ1n) is 6.21. The molecule has 1 aliphatic rings. The Kier molecular flexibility index (Phi) is 7.19. The van der Waals surface area contributed by atoms with Crippen LogP contribution in [0.3, 0.4) is 0 Å². The minimum absolute atomic E-state index is 0.803. The Hall–Kier alpha value is -0.720. The number of hydrogen-bond donors (Lipinski definition) is 1. The zero-order valence-electron chi connectivity index (χ0n) is 11.2. The summed E-state index contributed by atoms with van der Waals surface area (Å²) in [4.78, 5) is 0. The van der Waals surface area contributed by atoms with Gasteiger partial charge in [0, 0.05) is 7.05 Å². The van der Waals surface area contributed by atoms with Crippen molar-refractivity contribution in [2.45, 2.75) is 47.5 Å². The Morgan fingerprint density at radius 3 is 2.13 bits per heavy atom. The van der Waals surface area contributed by atoms with Crippen LogP contribution in [0.5, 0.6) is 0 Å². The maximum Gasteiger partial charge on any atom is 0.00278 e. The van der Waals surface area contributed by atoms with Gasteiger partial charge in [-0.1, -0.05) is 33.8 Å². The van der Waals surface area contributed by atoms with Gasteiger partial charge < -0.3 is 5.32 Å². The van der Waals surface area contributed by atoms with Gasteiger partial charge in [-0.25, -0.2) is 0 Å². The third kappa shape index (κ3) is 4.11. The Labute approximate surface area is 95.7 Å². The molecule has 1 atom stereocenters. The molecular weight excluding hydrogens is 182 g/mol. The summed E-state index contributed by atoms with van der Waals surface area (Å²) in [5.41, 5.74) is 3.04. The van der Waals surface area contributed by atoms with E-state index in [0.717, 1.165) is 11.8 Å². The fourth-order valence-corrected chi connectivity index (χ4v) is 2.00. The number of hydrogen-bond acceptors (Lipinski definition) is 1. The average molecular weight is 209 g/mol. The lowest BCUT2D eigenvalue weighted by Crippen LogP contribution is -2.02. The van der Waals surface area contributed by atoms with Gasteiger partial charge in [-0.2, -0.15) is 0 Å². The van der Waals surface area contributed by atoms with E-state index in [-0.39, 0.29) is 0 Å². The van der Waals surface area contributed by atoms with Gasteiger partial charge >= 0.3 is 0 Å². The maximum atomic E-state index is 3.13. The largest absolute Gasteiger partial charge is 0.394 e. The molecule has 0 heterocycles. The molecule has 15 heavy (non-hydrogen) atoms. The molecule has 0 aromatic heterocycles. The van der Waals surface area contributed by atoms with Gasteiger partial charge in [-0.15, -0.1) is 0 Å². The highest BCUT2D eigenvalue weighted by Crippen LogP contribution is 2.38. The van der Waals surface area contributed by atoms with Crippen LogP contribution < -0.4 is 5.32 Å². The van der Waals surface area contributed by atoms with E-state index in [4.69, 9.17) is 0 Å². The van der Waals surface area contributed by atoms with Crippen molar-refractivity contribution in [3.8, 4) is 0 Å². The predicted molar refractivity (Wildman–Crippen MR) is 69.8 cm³/mol. The van der Waals surface area contributed by atoms with Gasteiger partial charge in [0.2, 0.25) is 0 Å². The first-order chi connectivity index (χ1) is 7.19. The third-order valence-corrected chi connectivity index (χ3v) is 2.99. The summed E-state index contributed by atoms with van der Waals surface area (Å²) in [6, 6.07) is 0. The molecule has 1 saturated carbocycles. The maximum absolute atomic E-state index is 3.13. The molecule has 88 valence electrons. The Balaban J connectivity index is 0.000000921. The van der Waals surface area contributed by atoms with Crippen LogP contribution in [0.1, 0.15) is 47.5 Å². The summed E-state index contributed by atoms with van der Waals surface area (Å²) >= 11 is 0. The van der Waals surface area contributed by atoms with E-state index in [1.165, 1.54) is 24.0 Å². The van der Waals surface area contributed by atoms with Crippen LogP contribution >= 0.6 is 0 Å². The molecule has 0 radical (unpaired) electrons. The molecule has 1 N–H and O–H groups in total. The fraction of sp³-hybridized carbons (Fsp3) is 0.714. The van der Waals surface area contributed by atoms with E-state index >= 15 is 0 Å². The van der Waals surface area contributed by atoms with E-state index < -0.39 is 0 Å². The molecule has 0 aromatic carbocycles. The Morgan fingerprint density at radius 1 is 1.20 bits per heavy atom. The standard InChI is InChI=1S/C12H21N.C2H6/c1-5-10-6-11(9(2)3)7-12(10)8-13-4;1-2/h5,8-9,11,13H,6-7H2,1-4H3;1-2H3/b10-5-,12-8-;. The molecule has 1 unspecified atom stereocenters. The molecule has 0 aromatic rings. The highest BCUT2D eigenvalue weighted by molar-refractivity contribution is 5.35. The van der Waals surface area contributed by atoms with Crippen molar-refractivity contribution in [2.75, 3.05) is 7.05 Å². The number of allylic oxidation sites excluding steroid dienone is 3. The molecule has 0 bridgehead atoms. The average Bonchev–Trinajstić information content (AvgIpc) is 2.65. The second-order valence-corrected chi connectivity index (χ2v) is 4.18. The monoisotopic (exact) mass is 209 g/mol. The van der Waals surface area contributed by atoms with Crippen LogP contribution in [0.2, 0.25) is 0 Å². The SMILES string of the molecule is C/C=C1/CC(C(C)C)C/C1=C/NC.CC. The van der Waals surface area contributed by atoms with Crippen molar-refractivity contribution in [3.63, 3.8) is 0 Å². The van der Waals surface area contributed by atoms with Crippen LogP contribution in [0.15, 0.2) is 23.4 Å². The highest BCUT2D eigenvalue weighted by atomic mass is 14.8. The topological polar surface area (TPSA) is 12.0 Å². The lowest BCUT2D eigenvalue weighted by molar-refractivity contribution is 0.410. The van der Waals surface area contributed by atoms with Crippen LogP contribution in [-0.4, -0.2) is 7.05 Å². The number of rotatable bonds is 2. The minimum Gasteiger partial charge on any atom is -0.394 e. The van der Waals surface area contributed by atoms with Crippen molar-refractivity contribution >= 4 is 0 Å². The van der Waals surface area contributed by atoms with Gasteiger partial charge in [0.15, 0.2) is 0 Å². The van der Waals surface area contributed by atoms with Gasteiger partial charge in [0.1, 0.15) is 0 Å². The molecule has 0 saturated heterocycles. The van der Waals surface area contributed by atoms with Crippen molar-refractivity contribution < 1.29 is 0 Å². The zero-order valence-corrected chi connectivity index (χ0v) is 11.2. The predicted octanol–water partition coefficient (Wildman–Crippen LogP) is 4.13. The van der Waals surface area contributed by atoms with Gasteiger partial charge in [-0.3, -0.25) is 0 Å². The van der Waals surface area contributed by atoms with Crippen molar-refractivity contribution in [2.24, 2.45) is 11.8 Å². The third-order valence-electron chi connectivity index (χ3n) is 2.99. The molecule has 1 heteroatoms. The molecular formula is C14H27N. The lowest BCUT2D eigenvalue weighted by Gasteiger charge is -2.11. The summed E-state index contributed by atoms with van der Waals surface area (Å²) in [5, 5.41) is 3.13. The molecule has 1 aliphatic carbocycles. The quantitative estimate of drug-likeness (QED) is 0.721. The summed E-state index contributed by atoms with van der Waals surface area (Å²) in [6.07, 6.45) is 6.92. The first kappa shape index (κ1) is 14.3. The van der Waals surface area contributed by atoms with E-state index in [0.29, 0.717) is 0 Å². The summed E-state index contributed by atoms with van der Waals surface area (Å²) < 4.78 is 0. The molecule has 1 fully saturated rings. The minimum atomic E-state index is 0.803. The molecule has 0 amide bonds. The van der Waals surface area contributed by atoms with Crippen molar-refractivity contribution in [1.82, 2.24) is 5.32 Å². The normalized spacial score (nSPS) is 25.7. The Morgan fingerprint density at radius 2 is 1.73 bits per heavy atom. The van der Waals surface area contributed by atoms with E-state index in [9.17, 15) is 0 Å². The lowest BCUT2D eigenvalue weighted by atomic mass is 9.94. The van der Waals surface area contributed by atoms with Crippen LogP contribution in [-0.2, 0) is 0 Å². The van der Waals surface area contributed by atoms with Gasteiger partial charge in [0.25, 0.3) is 0 Å². The summed E-state index contributed by atoms with van der Waals surface area (Å²) in [7, 11) is 1.98. The molecule has 1 nitrogen and oxygen atoms in total. The number of nitrogens with one attached hydrogen (secondary N) is 1. The van der Waals surface area contributed by atoms with Gasteiger partial charge in [-0.05, 0) is 48.9 Å². The van der Waals surface area contributed by atoms with Crippen LogP contribution in [0, 0.1) is 11.8 Å². The van der Waals surface area contributed by atoms with E-state index in [1.54, 1.807) is 0 Å². The Bertz CT molecular complexity index is 223. The molecule has 0 spiro atoms. The fourth-order valence-electron chi connectivity index (χ4n) is 2.00. The highest BCUT2D eigenvalue weighted by Gasteiger charge is 2.25. The summed E-state index contributed by atoms with van der Waals surface area (Å²) in [5.74, 6) is 1.66. The van der Waals surface area contributed by atoms with Crippen molar-refractivity contribution in [1.29, 1.82) is 0 Å².